The molecule has 31 heavy (non-hydrogen) atoms. The molecule has 0 saturated carbocycles. The highest BCUT2D eigenvalue weighted by Crippen LogP contribution is 2.41. The quantitative estimate of drug-likeness (QED) is 0.618. The van der Waals surface area contributed by atoms with Gasteiger partial charge in [-0.3, -0.25) is 4.79 Å². The van der Waals surface area contributed by atoms with Crippen molar-refractivity contribution in [1.29, 1.82) is 0 Å². The molecule has 0 amide bonds. The molecule has 4 rings (SSSR count). The summed E-state index contributed by atoms with van der Waals surface area (Å²) in [6, 6.07) is 15.5. The van der Waals surface area contributed by atoms with Gasteiger partial charge in [0.2, 0.25) is 6.29 Å². The van der Waals surface area contributed by atoms with Crippen molar-refractivity contribution in [3.63, 3.8) is 0 Å². The Labute approximate surface area is 177 Å². The van der Waals surface area contributed by atoms with E-state index in [2.05, 4.69) is 0 Å². The number of ether oxygens (including phenoxy) is 2. The molecule has 1 aliphatic carbocycles. The summed E-state index contributed by atoms with van der Waals surface area (Å²) in [6.45, 7) is 0. The van der Waals surface area contributed by atoms with Crippen LogP contribution in [0.3, 0.4) is 0 Å². The smallest absolute Gasteiger partial charge is 0.394 e. The van der Waals surface area contributed by atoms with E-state index in [0.29, 0.717) is 12.0 Å². The molecule has 4 nitrogen and oxygen atoms in total. The summed E-state index contributed by atoms with van der Waals surface area (Å²) in [5, 5.41) is 0. The molecule has 1 saturated heterocycles. The first-order chi connectivity index (χ1) is 14.8. The summed E-state index contributed by atoms with van der Waals surface area (Å²) in [7, 11) is 0. The molecule has 0 aromatic heterocycles. The van der Waals surface area contributed by atoms with Crippen LogP contribution in [0.15, 0.2) is 60.7 Å². The summed E-state index contributed by atoms with van der Waals surface area (Å²) in [4.78, 5) is 25.1. The van der Waals surface area contributed by atoms with E-state index in [-0.39, 0.29) is 18.4 Å². The zero-order valence-corrected chi connectivity index (χ0v) is 16.6. The van der Waals surface area contributed by atoms with Crippen LogP contribution in [0.5, 0.6) is 0 Å². The van der Waals surface area contributed by atoms with Gasteiger partial charge >= 0.3 is 12.1 Å². The molecule has 0 spiro atoms. The Morgan fingerprint density at radius 1 is 1.00 bits per heavy atom. The Bertz CT molecular complexity index is 997. The number of fused-ring (bicyclic) bond motifs is 1. The van der Waals surface area contributed by atoms with E-state index in [1.807, 2.05) is 12.1 Å². The summed E-state index contributed by atoms with van der Waals surface area (Å²) >= 11 is 0. The van der Waals surface area contributed by atoms with E-state index >= 15 is 0 Å². The second kappa shape index (κ2) is 8.67. The van der Waals surface area contributed by atoms with Crippen LogP contribution in [0.1, 0.15) is 40.7 Å². The average molecular weight is 430 g/mol. The van der Waals surface area contributed by atoms with Gasteiger partial charge in [-0.1, -0.05) is 48.5 Å². The molecule has 0 radical (unpaired) electrons. The lowest BCUT2D eigenvalue weighted by Gasteiger charge is -2.36. The number of benzene rings is 2. The molecule has 1 fully saturated rings. The van der Waals surface area contributed by atoms with Gasteiger partial charge in [0.25, 0.3) is 0 Å². The van der Waals surface area contributed by atoms with E-state index in [1.165, 1.54) is 0 Å². The van der Waals surface area contributed by atoms with E-state index in [0.717, 1.165) is 11.1 Å². The van der Waals surface area contributed by atoms with Crippen molar-refractivity contribution in [2.24, 2.45) is 5.92 Å². The third-order valence-corrected chi connectivity index (χ3v) is 5.68. The summed E-state index contributed by atoms with van der Waals surface area (Å²) < 4.78 is 51.6. The molecule has 2 aromatic rings. The molecule has 1 heterocycles. The number of ketones is 1. The topological polar surface area (TPSA) is 52.6 Å². The number of allylic oxidation sites excluding steroid dienone is 2. The van der Waals surface area contributed by atoms with Gasteiger partial charge in [-0.15, -0.1) is 0 Å². The fourth-order valence-electron chi connectivity index (χ4n) is 4.11. The SMILES string of the molecule is O=C(CC1OC(OC(=O)c2ccccc2)CCC1C(F)(F)F)C1=CCc2ccccc21. The minimum atomic E-state index is -4.51. The van der Waals surface area contributed by atoms with Crippen molar-refractivity contribution in [3.8, 4) is 0 Å². The Morgan fingerprint density at radius 2 is 1.71 bits per heavy atom. The monoisotopic (exact) mass is 430 g/mol. The van der Waals surface area contributed by atoms with E-state index in [1.54, 1.807) is 48.5 Å². The lowest BCUT2D eigenvalue weighted by atomic mass is 9.88. The van der Waals surface area contributed by atoms with Gasteiger partial charge in [-0.25, -0.2) is 4.79 Å². The van der Waals surface area contributed by atoms with Gasteiger partial charge in [0.05, 0.1) is 17.6 Å². The molecular weight excluding hydrogens is 409 g/mol. The lowest BCUT2D eigenvalue weighted by Crippen LogP contribution is -2.45. The molecule has 0 N–H and O–H groups in total. The minimum absolute atomic E-state index is 0.0844. The second-order valence-electron chi connectivity index (χ2n) is 7.71. The first kappa shape index (κ1) is 21.3. The number of alkyl halides is 3. The molecule has 3 unspecified atom stereocenters. The predicted molar refractivity (Wildman–Crippen MR) is 107 cm³/mol. The maximum Gasteiger partial charge on any atom is 0.394 e. The average Bonchev–Trinajstić information content (AvgIpc) is 3.18. The highest BCUT2D eigenvalue weighted by atomic mass is 19.4. The maximum absolute atomic E-state index is 13.6. The highest BCUT2D eigenvalue weighted by molar-refractivity contribution is 6.22. The summed E-state index contributed by atoms with van der Waals surface area (Å²) in [5.74, 6) is -2.87. The van der Waals surface area contributed by atoms with Crippen LogP contribution in [-0.2, 0) is 20.7 Å². The van der Waals surface area contributed by atoms with Gasteiger partial charge in [-0.2, -0.15) is 13.2 Å². The van der Waals surface area contributed by atoms with Crippen molar-refractivity contribution in [3.05, 3.63) is 77.4 Å². The van der Waals surface area contributed by atoms with Crippen LogP contribution < -0.4 is 0 Å². The maximum atomic E-state index is 13.6. The van der Waals surface area contributed by atoms with Crippen molar-refractivity contribution in [1.82, 2.24) is 0 Å². The number of hydrogen-bond donors (Lipinski definition) is 0. The minimum Gasteiger partial charge on any atom is -0.432 e. The van der Waals surface area contributed by atoms with E-state index in [4.69, 9.17) is 9.47 Å². The van der Waals surface area contributed by atoms with Crippen molar-refractivity contribution >= 4 is 17.3 Å². The number of rotatable bonds is 5. The Balaban J connectivity index is 1.47. The molecule has 7 heteroatoms. The molecule has 2 aromatic carbocycles. The van der Waals surface area contributed by atoms with E-state index in [9.17, 15) is 22.8 Å². The van der Waals surface area contributed by atoms with Gasteiger partial charge < -0.3 is 9.47 Å². The van der Waals surface area contributed by atoms with Gasteiger partial charge in [-0.05, 0) is 36.1 Å². The van der Waals surface area contributed by atoms with Crippen LogP contribution in [0.2, 0.25) is 0 Å². The lowest BCUT2D eigenvalue weighted by molar-refractivity contribution is -0.260. The number of esters is 1. The standard InChI is InChI=1S/C24H21F3O4/c25-24(26,27)19-12-13-22(31-23(29)16-7-2-1-3-8-16)30-21(19)14-20(28)18-11-10-15-6-4-5-9-17(15)18/h1-9,11,19,21-22H,10,12-14H2. The van der Waals surface area contributed by atoms with Crippen LogP contribution in [-0.4, -0.2) is 30.3 Å². The van der Waals surface area contributed by atoms with Crippen molar-refractivity contribution in [2.45, 2.75) is 44.3 Å². The molecule has 162 valence electrons. The first-order valence-corrected chi connectivity index (χ1v) is 10.1. The van der Waals surface area contributed by atoms with Crippen molar-refractivity contribution < 1.29 is 32.2 Å². The predicted octanol–water partition coefficient (Wildman–Crippen LogP) is 5.13. The fraction of sp³-hybridized carbons (Fsp3) is 0.333. The zero-order chi connectivity index (χ0) is 22.0. The number of halogens is 3. The third kappa shape index (κ3) is 4.71. The molecule has 3 atom stereocenters. The fourth-order valence-corrected chi connectivity index (χ4v) is 4.11. The van der Waals surface area contributed by atoms with Crippen LogP contribution in [0, 0.1) is 5.92 Å². The normalized spacial score (nSPS) is 23.1. The second-order valence-corrected chi connectivity index (χ2v) is 7.71. The summed E-state index contributed by atoms with van der Waals surface area (Å²) in [6.07, 6.45) is -5.53. The van der Waals surface area contributed by atoms with Crippen LogP contribution in [0.25, 0.3) is 5.57 Å². The third-order valence-electron chi connectivity index (χ3n) is 5.68. The van der Waals surface area contributed by atoms with Gasteiger partial charge in [0, 0.05) is 18.4 Å². The zero-order valence-electron chi connectivity index (χ0n) is 16.6. The summed E-state index contributed by atoms with van der Waals surface area (Å²) in [5.41, 5.74) is 2.42. The Morgan fingerprint density at radius 3 is 2.45 bits per heavy atom. The number of carbonyl (C=O) groups is 2. The number of carbonyl (C=O) groups excluding carboxylic acids is 2. The largest absolute Gasteiger partial charge is 0.432 e. The van der Waals surface area contributed by atoms with E-state index < -0.39 is 42.7 Å². The molecule has 1 aliphatic heterocycles. The highest BCUT2D eigenvalue weighted by Gasteiger charge is 2.49. The van der Waals surface area contributed by atoms with Crippen LogP contribution >= 0.6 is 0 Å². The Hall–Kier alpha value is -2.93. The van der Waals surface area contributed by atoms with Gasteiger partial charge in [0.1, 0.15) is 0 Å². The molecular formula is C24H21F3O4. The Kier molecular flexibility index (Phi) is 5.96. The molecule has 0 bridgehead atoms. The van der Waals surface area contributed by atoms with Crippen molar-refractivity contribution in [2.75, 3.05) is 0 Å². The number of Topliss-reactive ketones (excluding diaryl/α,β-unsaturated/α-hetero) is 1. The number of hydrogen-bond acceptors (Lipinski definition) is 4. The van der Waals surface area contributed by atoms with Gasteiger partial charge in [0.15, 0.2) is 5.78 Å². The first-order valence-electron chi connectivity index (χ1n) is 10.1. The van der Waals surface area contributed by atoms with Crippen LogP contribution in [0.4, 0.5) is 13.2 Å². The molecule has 2 aliphatic rings.